The van der Waals surface area contributed by atoms with Gasteiger partial charge in [-0.05, 0) is 48.7 Å². The molecule has 0 aliphatic carbocycles. The van der Waals surface area contributed by atoms with Crippen molar-refractivity contribution >= 4 is 34.1 Å². The predicted molar refractivity (Wildman–Crippen MR) is 173 cm³/mol. The molecule has 8 nitrogen and oxygen atoms in total. The van der Waals surface area contributed by atoms with Gasteiger partial charge in [0.25, 0.3) is 5.56 Å². The first-order valence-corrected chi connectivity index (χ1v) is 15.1. The summed E-state index contributed by atoms with van der Waals surface area (Å²) in [6.07, 6.45) is 1.31. The van der Waals surface area contributed by atoms with Gasteiger partial charge in [0.2, 0.25) is 5.91 Å². The highest BCUT2D eigenvalue weighted by molar-refractivity contribution is 6.34. The van der Waals surface area contributed by atoms with E-state index in [0.29, 0.717) is 77.2 Å². The minimum Gasteiger partial charge on any atom is -0.486 e. The molecule has 3 aromatic carbocycles. The summed E-state index contributed by atoms with van der Waals surface area (Å²) in [6.45, 7) is 11.9. The van der Waals surface area contributed by atoms with E-state index in [-0.39, 0.29) is 23.4 Å². The van der Waals surface area contributed by atoms with Crippen LogP contribution >= 0.6 is 11.6 Å². The molecule has 0 bridgehead atoms. The second kappa shape index (κ2) is 11.7. The van der Waals surface area contributed by atoms with Gasteiger partial charge in [0.1, 0.15) is 24.8 Å². The lowest BCUT2D eigenvalue weighted by atomic mass is 9.97. The summed E-state index contributed by atoms with van der Waals surface area (Å²) in [6, 6.07) is 19.2. The Morgan fingerprint density at radius 1 is 1.09 bits per heavy atom. The van der Waals surface area contributed by atoms with Crippen molar-refractivity contribution < 1.29 is 14.3 Å². The second-order valence-corrected chi connectivity index (χ2v) is 11.8. The third kappa shape index (κ3) is 4.87. The Hall–Kier alpha value is -4.74. The normalized spacial score (nSPS) is 16.2. The molecule has 44 heavy (non-hydrogen) atoms. The smallest absolute Gasteiger partial charge is 0.275 e. The van der Waals surface area contributed by atoms with Crippen LogP contribution in [0.15, 0.2) is 72.0 Å². The van der Waals surface area contributed by atoms with Crippen LogP contribution in [0.4, 0.5) is 5.69 Å². The number of ether oxygens (including phenoxy) is 2. The Morgan fingerprint density at radius 2 is 1.86 bits per heavy atom. The molecule has 1 fully saturated rings. The van der Waals surface area contributed by atoms with Gasteiger partial charge in [0.15, 0.2) is 11.5 Å². The molecular weight excluding hydrogens is 576 g/mol. The molecule has 1 atom stereocenters. The Balaban J connectivity index is 1.67. The third-order valence-electron chi connectivity index (χ3n) is 8.40. The number of amides is 1. The lowest BCUT2D eigenvalue weighted by Gasteiger charge is -2.41. The zero-order chi connectivity index (χ0) is 31.1. The summed E-state index contributed by atoms with van der Waals surface area (Å²) in [5, 5.41) is 11.6. The number of halogens is 1. The van der Waals surface area contributed by atoms with E-state index in [4.69, 9.17) is 21.1 Å². The first-order valence-electron chi connectivity index (χ1n) is 14.7. The van der Waals surface area contributed by atoms with Crippen LogP contribution in [0.1, 0.15) is 37.8 Å². The van der Waals surface area contributed by atoms with Gasteiger partial charge in [-0.15, -0.1) is 0 Å². The van der Waals surface area contributed by atoms with E-state index < -0.39 is 5.56 Å². The Bertz CT molecular complexity index is 1910. The fraction of sp³-hybridized carbons (Fsp3) is 0.286. The molecule has 3 heterocycles. The van der Waals surface area contributed by atoms with Crippen molar-refractivity contribution in [2.45, 2.75) is 32.7 Å². The third-order valence-corrected chi connectivity index (χ3v) is 8.72. The largest absolute Gasteiger partial charge is 0.486 e. The lowest BCUT2D eigenvalue weighted by Crippen LogP contribution is -2.54. The average Bonchev–Trinajstić information content (AvgIpc) is 3.03. The number of hydrogen-bond donors (Lipinski definition) is 0. The molecule has 0 spiro atoms. The highest BCUT2D eigenvalue weighted by Crippen LogP contribution is 2.45. The fourth-order valence-corrected chi connectivity index (χ4v) is 6.59. The summed E-state index contributed by atoms with van der Waals surface area (Å²) in [5.41, 5.74) is 3.87. The molecule has 0 saturated carbocycles. The molecule has 1 amide bonds. The summed E-state index contributed by atoms with van der Waals surface area (Å²) in [4.78, 5) is 30.7. The lowest BCUT2D eigenvalue weighted by molar-refractivity contribution is -0.126. The van der Waals surface area contributed by atoms with Crippen LogP contribution in [0.2, 0.25) is 5.02 Å². The topological polar surface area (TPSA) is 87.8 Å². The monoisotopic (exact) mass is 608 g/mol. The van der Waals surface area contributed by atoms with Crippen molar-refractivity contribution in [3.05, 3.63) is 93.8 Å². The molecule has 9 heteroatoms. The molecule has 6 rings (SSSR count). The summed E-state index contributed by atoms with van der Waals surface area (Å²) >= 11 is 7.08. The van der Waals surface area contributed by atoms with E-state index in [1.807, 2.05) is 66.4 Å². The number of fused-ring (bicyclic) bond motifs is 2. The number of nitriles is 1. The summed E-state index contributed by atoms with van der Waals surface area (Å²) in [5.74, 6) is 1.20. The number of nitrogens with zero attached hydrogens (tertiary/aromatic N) is 4. The average molecular weight is 609 g/mol. The minimum atomic E-state index is -0.414. The predicted octanol–water partition coefficient (Wildman–Crippen LogP) is 6.30. The fourth-order valence-electron chi connectivity index (χ4n) is 6.32. The van der Waals surface area contributed by atoms with Gasteiger partial charge in [-0.1, -0.05) is 62.4 Å². The number of benzene rings is 3. The van der Waals surface area contributed by atoms with Gasteiger partial charge in [-0.2, -0.15) is 5.26 Å². The Morgan fingerprint density at radius 3 is 2.59 bits per heavy atom. The first-order chi connectivity index (χ1) is 21.2. The maximum Gasteiger partial charge on any atom is 0.275 e. The van der Waals surface area contributed by atoms with Crippen LogP contribution in [-0.2, 0) is 4.79 Å². The molecule has 224 valence electrons. The molecule has 2 aliphatic heterocycles. The molecule has 0 radical (unpaired) electrons. The zero-order valence-corrected chi connectivity index (χ0v) is 25.7. The van der Waals surface area contributed by atoms with Gasteiger partial charge in [0.05, 0.1) is 16.9 Å². The van der Waals surface area contributed by atoms with E-state index >= 15 is 0 Å². The number of hydrogen-bond acceptors (Lipinski definition) is 6. The highest BCUT2D eigenvalue weighted by Gasteiger charge is 2.32. The zero-order valence-electron chi connectivity index (χ0n) is 25.0. The van der Waals surface area contributed by atoms with Crippen LogP contribution in [0.3, 0.4) is 0 Å². The number of aromatic nitrogens is 1. The van der Waals surface area contributed by atoms with Gasteiger partial charge >= 0.3 is 0 Å². The Labute approximate surface area is 261 Å². The van der Waals surface area contributed by atoms with Gasteiger partial charge in [0, 0.05) is 47.2 Å². The van der Waals surface area contributed by atoms with Crippen LogP contribution in [-0.4, -0.2) is 54.3 Å². The van der Waals surface area contributed by atoms with Crippen LogP contribution < -0.4 is 19.9 Å². The SMILES string of the molecule is C=CC(=O)N1CCN(c2c(C#N)c(=O)n(-c3ccccc3C(C)C)c3cc(-c4cccc5c4OCCO5)c(Cl)cc23)[C@@H](C)C1. The maximum atomic E-state index is 14.5. The van der Waals surface area contributed by atoms with Crippen LogP contribution in [0.25, 0.3) is 27.7 Å². The number of anilines is 1. The Kier molecular flexibility index (Phi) is 7.83. The standard InChI is InChI=1S/C35H33ClN4O4/c1-5-32(41)38-13-14-39(22(4)20-38)33-26-17-28(36)25(24-10-8-12-31-34(24)44-16-15-43-31)18-30(26)40(35(42)27(33)19-37)29-11-7-6-9-23(29)21(2)3/h5-12,17-18,21-22H,1,13-16,20H2,2-4H3/t22-/m0/s1. The van der Waals surface area contributed by atoms with E-state index in [2.05, 4.69) is 26.5 Å². The molecule has 2 aliphatic rings. The highest BCUT2D eigenvalue weighted by atomic mass is 35.5. The van der Waals surface area contributed by atoms with E-state index in [9.17, 15) is 14.9 Å². The van der Waals surface area contributed by atoms with Crippen molar-refractivity contribution in [1.82, 2.24) is 9.47 Å². The van der Waals surface area contributed by atoms with Gasteiger partial charge < -0.3 is 19.3 Å². The van der Waals surface area contributed by atoms with Crippen molar-refractivity contribution in [2.24, 2.45) is 0 Å². The van der Waals surface area contributed by atoms with Gasteiger partial charge in [-0.3, -0.25) is 14.2 Å². The quantitative estimate of drug-likeness (QED) is 0.247. The molecule has 0 N–H and O–H groups in total. The molecule has 1 saturated heterocycles. The number of para-hydroxylation sites is 2. The molecule has 1 aromatic heterocycles. The van der Waals surface area contributed by atoms with Gasteiger partial charge in [-0.25, -0.2) is 0 Å². The second-order valence-electron chi connectivity index (χ2n) is 11.4. The number of rotatable bonds is 5. The number of pyridine rings is 1. The van der Waals surface area contributed by atoms with Crippen molar-refractivity contribution in [1.29, 1.82) is 5.26 Å². The van der Waals surface area contributed by atoms with Crippen molar-refractivity contribution in [3.63, 3.8) is 0 Å². The molecular formula is C35H33ClN4O4. The van der Waals surface area contributed by atoms with Crippen LogP contribution in [0.5, 0.6) is 11.5 Å². The summed E-state index contributed by atoms with van der Waals surface area (Å²) in [7, 11) is 0. The first kappa shape index (κ1) is 29.3. The van der Waals surface area contributed by atoms with Crippen molar-refractivity contribution in [3.8, 4) is 34.4 Å². The summed E-state index contributed by atoms with van der Waals surface area (Å²) < 4.78 is 13.5. The van der Waals surface area contributed by atoms with E-state index in [0.717, 1.165) is 11.1 Å². The molecule has 4 aromatic rings. The number of piperazine rings is 1. The van der Waals surface area contributed by atoms with E-state index in [1.54, 1.807) is 9.47 Å². The minimum absolute atomic E-state index is 0.0315. The van der Waals surface area contributed by atoms with Crippen LogP contribution in [0, 0.1) is 11.3 Å². The maximum absolute atomic E-state index is 14.5. The van der Waals surface area contributed by atoms with E-state index in [1.165, 1.54) is 6.08 Å². The number of carbonyl (C=O) groups is 1. The molecule has 0 unspecified atom stereocenters. The van der Waals surface area contributed by atoms with Crippen molar-refractivity contribution in [2.75, 3.05) is 37.7 Å². The number of carbonyl (C=O) groups excluding carboxylic acids is 1.